The van der Waals surface area contributed by atoms with Crippen LogP contribution >= 0.6 is 0 Å². The normalized spacial score (nSPS) is 10.9. The van der Waals surface area contributed by atoms with Gasteiger partial charge in [0.25, 0.3) is 0 Å². The minimum absolute atomic E-state index is 0. The van der Waals surface area contributed by atoms with Crippen LogP contribution in [-0.2, 0) is 11.5 Å². The second-order valence-electron chi connectivity index (χ2n) is 3.64. The number of imidazole rings is 1. The van der Waals surface area contributed by atoms with Gasteiger partial charge < -0.3 is 32.6 Å². The minimum atomic E-state index is -0.654. The lowest BCUT2D eigenvalue weighted by molar-refractivity contribution is -0.0488. The van der Waals surface area contributed by atoms with Gasteiger partial charge in [-0.05, 0) is 0 Å². The molecular formula is C9H17N7O3. The predicted octanol–water partition coefficient (Wildman–Crippen LogP) is -1.52. The number of hydrogen-bond acceptors (Lipinski definition) is 9. The van der Waals surface area contributed by atoms with Crippen molar-refractivity contribution >= 4 is 22.9 Å². The number of aliphatic hydroxyl groups excluding tert-OH is 2. The van der Waals surface area contributed by atoms with E-state index in [2.05, 4.69) is 15.0 Å². The Balaban J connectivity index is 0.00000180. The zero-order valence-electron chi connectivity index (χ0n) is 10.2. The van der Waals surface area contributed by atoms with Crippen molar-refractivity contribution < 1.29 is 14.9 Å². The summed E-state index contributed by atoms with van der Waals surface area (Å²) in [5.74, 6) is 0.236. The van der Waals surface area contributed by atoms with E-state index < -0.39 is 6.10 Å². The van der Waals surface area contributed by atoms with Crippen LogP contribution in [0.4, 0.5) is 11.8 Å². The van der Waals surface area contributed by atoms with Gasteiger partial charge >= 0.3 is 0 Å². The second kappa shape index (κ2) is 6.24. The third-order valence-electron chi connectivity index (χ3n) is 2.36. The van der Waals surface area contributed by atoms with Crippen LogP contribution in [0.2, 0.25) is 0 Å². The van der Waals surface area contributed by atoms with Gasteiger partial charge in [0.15, 0.2) is 11.5 Å². The van der Waals surface area contributed by atoms with E-state index >= 15 is 0 Å². The van der Waals surface area contributed by atoms with Crippen molar-refractivity contribution in [1.82, 2.24) is 25.7 Å². The smallest absolute Gasteiger partial charge is 0.224 e. The summed E-state index contributed by atoms with van der Waals surface area (Å²) in [7, 11) is 0. The van der Waals surface area contributed by atoms with Crippen molar-refractivity contribution in [2.24, 2.45) is 0 Å². The Kier molecular flexibility index (Phi) is 4.94. The van der Waals surface area contributed by atoms with E-state index in [1.165, 1.54) is 6.33 Å². The summed E-state index contributed by atoms with van der Waals surface area (Å²) in [6.45, 7) is -0.483. The molecule has 2 aromatic heterocycles. The van der Waals surface area contributed by atoms with Gasteiger partial charge in [-0.15, -0.1) is 0 Å². The molecule has 19 heavy (non-hydrogen) atoms. The van der Waals surface area contributed by atoms with Gasteiger partial charge in [-0.1, -0.05) is 0 Å². The first kappa shape index (κ1) is 15.0. The molecule has 9 N–H and O–H groups in total. The van der Waals surface area contributed by atoms with Crippen LogP contribution in [0.5, 0.6) is 0 Å². The summed E-state index contributed by atoms with van der Waals surface area (Å²) in [5.41, 5.74) is 12.0. The van der Waals surface area contributed by atoms with Crippen molar-refractivity contribution in [1.29, 1.82) is 0 Å². The Hall–Kier alpha value is -2.01. The molecule has 0 aliphatic rings. The fourth-order valence-electron chi connectivity index (χ4n) is 1.43. The molecule has 10 nitrogen and oxygen atoms in total. The van der Waals surface area contributed by atoms with Gasteiger partial charge in [-0.3, -0.25) is 4.57 Å². The number of hydrogen-bond donors (Lipinski definition) is 5. The number of aliphatic hydroxyl groups is 2. The largest absolute Gasteiger partial charge is 0.394 e. The number of fused-ring (bicyclic) bond motifs is 1. The number of aromatic nitrogens is 4. The van der Waals surface area contributed by atoms with Gasteiger partial charge in [0.05, 0.1) is 19.5 Å². The number of nitrogen functional groups attached to an aromatic ring is 2. The first-order valence-electron chi connectivity index (χ1n) is 5.22. The molecule has 0 fully saturated rings. The van der Waals surface area contributed by atoms with Gasteiger partial charge in [0.2, 0.25) is 5.95 Å². The molecular weight excluding hydrogens is 254 g/mol. The van der Waals surface area contributed by atoms with E-state index in [0.717, 1.165) is 0 Å². The summed E-state index contributed by atoms with van der Waals surface area (Å²) < 4.78 is 6.81. The molecule has 0 amide bonds. The monoisotopic (exact) mass is 271 g/mol. The number of nitrogens with two attached hydrogens (primary N) is 2. The molecule has 106 valence electrons. The maximum atomic E-state index is 8.88. The van der Waals surface area contributed by atoms with Gasteiger partial charge in [-0.25, -0.2) is 4.98 Å². The van der Waals surface area contributed by atoms with Gasteiger partial charge in [0, 0.05) is 0 Å². The summed E-state index contributed by atoms with van der Waals surface area (Å²) in [6.07, 6.45) is 0.819. The van der Waals surface area contributed by atoms with Crippen molar-refractivity contribution in [3.8, 4) is 0 Å². The highest BCUT2D eigenvalue weighted by Gasteiger charge is 2.12. The summed E-state index contributed by atoms with van der Waals surface area (Å²) in [5, 5.41) is 17.8. The van der Waals surface area contributed by atoms with E-state index in [4.69, 9.17) is 26.4 Å². The molecule has 0 saturated heterocycles. The molecule has 2 heterocycles. The van der Waals surface area contributed by atoms with Crippen LogP contribution in [-0.4, -0.2) is 49.0 Å². The molecule has 2 rings (SSSR count). The highest BCUT2D eigenvalue weighted by atomic mass is 16.5. The van der Waals surface area contributed by atoms with Crippen LogP contribution in [0.15, 0.2) is 6.33 Å². The lowest BCUT2D eigenvalue weighted by atomic mass is 10.4. The number of ether oxygens (including phenoxy) is 1. The van der Waals surface area contributed by atoms with E-state index in [1.54, 1.807) is 4.57 Å². The van der Waals surface area contributed by atoms with Crippen LogP contribution in [0, 0.1) is 0 Å². The molecule has 0 atom stereocenters. The summed E-state index contributed by atoms with van der Waals surface area (Å²) in [4.78, 5) is 11.8. The molecule has 0 saturated carbocycles. The van der Waals surface area contributed by atoms with E-state index in [-0.39, 0.29) is 37.9 Å². The third kappa shape index (κ3) is 3.06. The molecule has 2 aromatic rings. The summed E-state index contributed by atoms with van der Waals surface area (Å²) >= 11 is 0. The molecule has 0 spiro atoms. The zero-order chi connectivity index (χ0) is 13.1. The molecule has 0 aliphatic heterocycles. The number of anilines is 2. The Bertz CT molecular complexity index is 540. The Morgan fingerprint density at radius 1 is 1.26 bits per heavy atom. The van der Waals surface area contributed by atoms with Crippen molar-refractivity contribution in [2.45, 2.75) is 12.8 Å². The molecule has 0 aliphatic carbocycles. The second-order valence-corrected chi connectivity index (χ2v) is 3.64. The average molecular weight is 271 g/mol. The predicted molar refractivity (Wildman–Crippen MR) is 68.2 cm³/mol. The van der Waals surface area contributed by atoms with Gasteiger partial charge in [-0.2, -0.15) is 9.97 Å². The van der Waals surface area contributed by atoms with Crippen molar-refractivity contribution in [3.05, 3.63) is 6.33 Å². The van der Waals surface area contributed by atoms with E-state index in [0.29, 0.717) is 11.2 Å². The van der Waals surface area contributed by atoms with Crippen molar-refractivity contribution in [2.75, 3.05) is 24.7 Å². The molecule has 0 bridgehead atoms. The van der Waals surface area contributed by atoms with Crippen LogP contribution < -0.4 is 17.6 Å². The minimum Gasteiger partial charge on any atom is -0.394 e. The highest BCUT2D eigenvalue weighted by Crippen LogP contribution is 2.16. The number of nitrogens with zero attached hydrogens (tertiary/aromatic N) is 4. The molecule has 0 unspecified atom stereocenters. The highest BCUT2D eigenvalue weighted by molar-refractivity contribution is 5.82. The fraction of sp³-hybridized carbons (Fsp3) is 0.444. The first-order valence-corrected chi connectivity index (χ1v) is 5.22. The summed E-state index contributed by atoms with van der Waals surface area (Å²) in [6, 6.07) is 0. The van der Waals surface area contributed by atoms with Crippen molar-refractivity contribution in [3.63, 3.8) is 0 Å². The fourth-order valence-corrected chi connectivity index (χ4v) is 1.43. The van der Waals surface area contributed by atoms with E-state index in [9.17, 15) is 0 Å². The quantitative estimate of drug-likeness (QED) is 0.431. The maximum absolute atomic E-state index is 8.88. The Labute approximate surface area is 108 Å². The molecule has 10 heteroatoms. The lowest BCUT2D eigenvalue weighted by Crippen LogP contribution is -2.23. The molecule has 0 aromatic carbocycles. The first-order chi connectivity index (χ1) is 8.65. The maximum Gasteiger partial charge on any atom is 0.224 e. The molecule has 0 radical (unpaired) electrons. The van der Waals surface area contributed by atoms with Crippen LogP contribution in [0.25, 0.3) is 11.2 Å². The zero-order valence-corrected chi connectivity index (χ0v) is 10.2. The topological polar surface area (TPSA) is 180 Å². The Morgan fingerprint density at radius 2 is 1.95 bits per heavy atom. The van der Waals surface area contributed by atoms with Gasteiger partial charge in [0.1, 0.15) is 18.4 Å². The SMILES string of the molecule is N.Nc1nc(N)c2ncn(COC(CO)CO)c2n1. The standard InChI is InChI=1S/C9H14N6O3.H3N/c10-7-6-8(14-9(11)13-7)15(3-12-6)4-18-5(1-16)2-17;/h3,5,16-17H,1-2,4H2,(H4,10,11,13,14);1H3. The third-order valence-corrected chi connectivity index (χ3v) is 2.36. The number of rotatable bonds is 5. The van der Waals surface area contributed by atoms with Crippen LogP contribution in [0.1, 0.15) is 0 Å². The van der Waals surface area contributed by atoms with Crippen LogP contribution in [0.3, 0.4) is 0 Å². The average Bonchev–Trinajstić information content (AvgIpc) is 2.74. The van der Waals surface area contributed by atoms with E-state index in [1.807, 2.05) is 0 Å². The Morgan fingerprint density at radius 3 is 2.58 bits per heavy atom. The lowest BCUT2D eigenvalue weighted by Gasteiger charge is -2.12.